The van der Waals surface area contributed by atoms with Crippen LogP contribution in [0.25, 0.3) is 0 Å². The van der Waals surface area contributed by atoms with Crippen molar-refractivity contribution in [2.45, 2.75) is 53.5 Å². The van der Waals surface area contributed by atoms with Gasteiger partial charge in [0.15, 0.2) is 0 Å². The fourth-order valence-corrected chi connectivity index (χ4v) is 2.65. The first kappa shape index (κ1) is 15.7. The van der Waals surface area contributed by atoms with Crippen LogP contribution in [0.15, 0.2) is 12.2 Å². The molecule has 4 heteroatoms. The zero-order valence-corrected chi connectivity index (χ0v) is 12.6. The van der Waals surface area contributed by atoms with Gasteiger partial charge in [0, 0.05) is 0 Å². The molecule has 1 saturated carbocycles. The minimum absolute atomic E-state index is 0.0136. The normalized spacial score (nSPS) is 31.3. The van der Waals surface area contributed by atoms with Gasteiger partial charge in [-0.15, -0.1) is 0 Å². The predicted octanol–water partition coefficient (Wildman–Crippen LogP) is 1.99. The summed E-state index contributed by atoms with van der Waals surface area (Å²) in [5.74, 6) is -0.152. The largest absolute Gasteiger partial charge is 0.368 e. The molecule has 2 amide bonds. The number of primary amides is 1. The van der Waals surface area contributed by atoms with Crippen LogP contribution in [-0.4, -0.2) is 17.9 Å². The van der Waals surface area contributed by atoms with Crippen molar-refractivity contribution in [1.82, 2.24) is 5.32 Å². The Balaban J connectivity index is 2.71. The third-order valence-corrected chi connectivity index (χ3v) is 5.19. The average molecular weight is 266 g/mol. The van der Waals surface area contributed by atoms with E-state index in [1.165, 1.54) is 6.42 Å². The van der Waals surface area contributed by atoms with E-state index >= 15 is 0 Å². The molecule has 0 aromatic carbocycles. The van der Waals surface area contributed by atoms with Gasteiger partial charge in [0.25, 0.3) is 0 Å². The van der Waals surface area contributed by atoms with Crippen LogP contribution in [0.4, 0.5) is 0 Å². The van der Waals surface area contributed by atoms with E-state index in [2.05, 4.69) is 33.0 Å². The van der Waals surface area contributed by atoms with Gasteiger partial charge in [-0.2, -0.15) is 0 Å². The summed E-state index contributed by atoms with van der Waals surface area (Å²) in [6, 6.07) is -0.638. The minimum Gasteiger partial charge on any atom is -0.368 e. The molecular weight excluding hydrogens is 240 g/mol. The van der Waals surface area contributed by atoms with Gasteiger partial charge in [0.1, 0.15) is 6.04 Å². The van der Waals surface area contributed by atoms with Crippen molar-refractivity contribution >= 4 is 11.8 Å². The van der Waals surface area contributed by atoms with E-state index in [9.17, 15) is 9.59 Å². The molecule has 1 aliphatic rings. The Morgan fingerprint density at radius 3 is 2.37 bits per heavy atom. The van der Waals surface area contributed by atoms with Gasteiger partial charge in [-0.05, 0) is 42.6 Å². The summed E-state index contributed by atoms with van der Waals surface area (Å²) in [5, 5.41) is 2.56. The second-order valence-corrected chi connectivity index (χ2v) is 6.54. The number of nitrogens with one attached hydrogen (secondary N) is 1. The standard InChI is InChI=1S/C15H26N2O2/c1-10-6-8-15(5,14(10,3)4)9-7-12(18)17-11(2)13(16)19/h7,9-11H,6,8H2,1-5H3,(H2,16,19)(H,17,18)/b9-7+. The van der Waals surface area contributed by atoms with Gasteiger partial charge in [0.2, 0.25) is 11.8 Å². The summed E-state index contributed by atoms with van der Waals surface area (Å²) in [4.78, 5) is 22.6. The maximum atomic E-state index is 11.7. The Bertz CT molecular complexity index is 401. The van der Waals surface area contributed by atoms with Crippen molar-refractivity contribution in [3.8, 4) is 0 Å². The first-order chi connectivity index (χ1) is 8.60. The molecule has 1 rings (SSSR count). The highest BCUT2D eigenvalue weighted by molar-refractivity contribution is 5.92. The molecule has 3 unspecified atom stereocenters. The molecule has 3 N–H and O–H groups in total. The number of carbonyl (C=O) groups excluding carboxylic acids is 2. The number of amides is 2. The molecule has 0 spiro atoms. The maximum absolute atomic E-state index is 11.7. The lowest BCUT2D eigenvalue weighted by Crippen LogP contribution is -2.41. The minimum atomic E-state index is -0.638. The van der Waals surface area contributed by atoms with E-state index in [1.807, 2.05) is 6.08 Å². The van der Waals surface area contributed by atoms with Gasteiger partial charge >= 0.3 is 0 Å². The van der Waals surface area contributed by atoms with Crippen LogP contribution in [0.3, 0.4) is 0 Å². The fourth-order valence-electron chi connectivity index (χ4n) is 2.65. The van der Waals surface area contributed by atoms with Crippen molar-refractivity contribution < 1.29 is 9.59 Å². The summed E-state index contributed by atoms with van der Waals surface area (Å²) in [6.45, 7) is 10.5. The zero-order valence-electron chi connectivity index (χ0n) is 12.6. The molecule has 19 heavy (non-hydrogen) atoms. The third kappa shape index (κ3) is 3.17. The van der Waals surface area contributed by atoms with Crippen molar-refractivity contribution in [2.75, 3.05) is 0 Å². The van der Waals surface area contributed by atoms with Crippen molar-refractivity contribution in [3.63, 3.8) is 0 Å². The monoisotopic (exact) mass is 266 g/mol. The first-order valence-electron chi connectivity index (χ1n) is 6.89. The predicted molar refractivity (Wildman–Crippen MR) is 76.2 cm³/mol. The molecule has 1 fully saturated rings. The number of carbonyl (C=O) groups is 2. The molecule has 0 aromatic rings. The number of nitrogens with two attached hydrogens (primary N) is 1. The highest BCUT2D eigenvalue weighted by Gasteiger charge is 2.47. The van der Waals surface area contributed by atoms with Crippen molar-refractivity contribution in [3.05, 3.63) is 12.2 Å². The van der Waals surface area contributed by atoms with Gasteiger partial charge in [0.05, 0.1) is 0 Å². The molecule has 0 bridgehead atoms. The molecule has 4 nitrogen and oxygen atoms in total. The second-order valence-electron chi connectivity index (χ2n) is 6.54. The Morgan fingerprint density at radius 2 is 1.95 bits per heavy atom. The quantitative estimate of drug-likeness (QED) is 0.764. The summed E-state index contributed by atoms with van der Waals surface area (Å²) >= 11 is 0. The van der Waals surface area contributed by atoms with Gasteiger partial charge in [-0.3, -0.25) is 9.59 Å². The number of hydrogen-bond acceptors (Lipinski definition) is 2. The van der Waals surface area contributed by atoms with Crippen LogP contribution in [0.5, 0.6) is 0 Å². The lowest BCUT2D eigenvalue weighted by molar-refractivity contribution is -0.124. The number of allylic oxidation sites excluding steroid dienone is 1. The lowest BCUT2D eigenvalue weighted by atomic mass is 9.66. The summed E-state index contributed by atoms with van der Waals surface area (Å²) in [6.07, 6.45) is 5.78. The molecule has 0 aromatic heterocycles. The topological polar surface area (TPSA) is 72.2 Å². The van der Waals surface area contributed by atoms with E-state index in [0.29, 0.717) is 5.92 Å². The summed E-state index contributed by atoms with van der Waals surface area (Å²) in [7, 11) is 0. The van der Waals surface area contributed by atoms with Gasteiger partial charge < -0.3 is 11.1 Å². The molecule has 108 valence electrons. The van der Waals surface area contributed by atoms with Crippen LogP contribution in [0.1, 0.15) is 47.5 Å². The Morgan fingerprint density at radius 1 is 1.37 bits per heavy atom. The lowest BCUT2D eigenvalue weighted by Gasteiger charge is -2.38. The second kappa shape index (κ2) is 5.35. The Hall–Kier alpha value is -1.32. The maximum Gasteiger partial charge on any atom is 0.244 e. The molecule has 1 aliphatic carbocycles. The Labute approximate surface area is 115 Å². The summed E-state index contributed by atoms with van der Waals surface area (Å²) < 4.78 is 0. The molecule has 3 atom stereocenters. The van der Waals surface area contributed by atoms with Gasteiger partial charge in [-0.1, -0.05) is 33.8 Å². The van der Waals surface area contributed by atoms with E-state index < -0.39 is 11.9 Å². The summed E-state index contributed by atoms with van der Waals surface area (Å²) in [5.41, 5.74) is 5.29. The number of hydrogen-bond donors (Lipinski definition) is 2. The van der Waals surface area contributed by atoms with Crippen LogP contribution < -0.4 is 11.1 Å². The van der Waals surface area contributed by atoms with E-state index in [1.54, 1.807) is 13.0 Å². The van der Waals surface area contributed by atoms with Crippen molar-refractivity contribution in [1.29, 1.82) is 0 Å². The van der Waals surface area contributed by atoms with E-state index in [-0.39, 0.29) is 16.7 Å². The van der Waals surface area contributed by atoms with Crippen LogP contribution in [0, 0.1) is 16.7 Å². The smallest absolute Gasteiger partial charge is 0.244 e. The SMILES string of the molecule is CC(NC(=O)/C=C/C1(C)CCC(C)C1(C)C)C(N)=O. The molecule has 0 heterocycles. The highest BCUT2D eigenvalue weighted by Crippen LogP contribution is 2.56. The highest BCUT2D eigenvalue weighted by atomic mass is 16.2. The molecule has 0 radical (unpaired) electrons. The van der Waals surface area contributed by atoms with Crippen molar-refractivity contribution in [2.24, 2.45) is 22.5 Å². The zero-order chi connectivity index (χ0) is 14.8. The van der Waals surface area contributed by atoms with Gasteiger partial charge in [-0.25, -0.2) is 0 Å². The van der Waals surface area contributed by atoms with E-state index in [4.69, 9.17) is 5.73 Å². The number of rotatable bonds is 4. The molecular formula is C15H26N2O2. The molecule has 0 aliphatic heterocycles. The molecule has 0 saturated heterocycles. The van der Waals surface area contributed by atoms with Crippen LogP contribution >= 0.6 is 0 Å². The third-order valence-electron chi connectivity index (χ3n) is 5.19. The van der Waals surface area contributed by atoms with E-state index in [0.717, 1.165) is 6.42 Å². The fraction of sp³-hybridized carbons (Fsp3) is 0.733. The van der Waals surface area contributed by atoms with Crippen LogP contribution in [-0.2, 0) is 9.59 Å². The Kier molecular flexibility index (Phi) is 4.43. The van der Waals surface area contributed by atoms with Crippen LogP contribution in [0.2, 0.25) is 0 Å². The average Bonchev–Trinajstić information content (AvgIpc) is 2.51. The first-order valence-corrected chi connectivity index (χ1v) is 6.89.